The predicted octanol–water partition coefficient (Wildman–Crippen LogP) is 9.93. The largest absolute Gasteiger partial charge is 0.259 e. The molecule has 0 aliphatic heterocycles. The van der Waals surface area contributed by atoms with Crippen LogP contribution in [-0.2, 0) is 0 Å². The summed E-state index contributed by atoms with van der Waals surface area (Å²) < 4.78 is 2.52. The normalized spacial score (nSPS) is 10.9. The first-order chi connectivity index (χ1) is 20.2. The number of pyridine rings is 2. The molecule has 190 valence electrons. The Morgan fingerprint density at radius 1 is 0.561 bits per heavy atom. The van der Waals surface area contributed by atoms with Gasteiger partial charge >= 0.3 is 0 Å². The molecule has 3 heterocycles. The fraction of sp³-hybridized carbons (Fsp3) is 0. The van der Waals surface area contributed by atoms with Crippen LogP contribution >= 0.6 is 11.3 Å². The highest BCUT2D eigenvalue weighted by Crippen LogP contribution is 2.39. The molecule has 0 amide bonds. The van der Waals surface area contributed by atoms with Gasteiger partial charge in [0.25, 0.3) is 0 Å². The number of aromatic nitrogens is 2. The van der Waals surface area contributed by atoms with E-state index in [9.17, 15) is 5.26 Å². The third kappa shape index (κ3) is 4.61. The van der Waals surface area contributed by atoms with Gasteiger partial charge in [-0.15, -0.1) is 11.3 Å². The van der Waals surface area contributed by atoms with Crippen LogP contribution in [0.2, 0.25) is 0 Å². The molecule has 0 unspecified atom stereocenters. The quantitative estimate of drug-likeness (QED) is 0.209. The topological polar surface area (TPSA) is 53.9 Å². The van der Waals surface area contributed by atoms with E-state index in [0.717, 1.165) is 44.8 Å². The number of benzene rings is 4. The van der Waals surface area contributed by atoms with E-state index in [0.29, 0.717) is 11.3 Å². The van der Waals surface area contributed by atoms with Crippen molar-refractivity contribution < 1.29 is 0 Å². The van der Waals surface area contributed by atoms with Crippen molar-refractivity contribution in [3.63, 3.8) is 0 Å². The van der Waals surface area contributed by atoms with Crippen molar-refractivity contribution in [3.8, 4) is 50.8 Å². The van der Waals surface area contributed by atoms with E-state index in [1.165, 1.54) is 20.2 Å². The van der Waals surface area contributed by atoms with E-state index in [4.69, 9.17) is 6.57 Å². The monoisotopic (exact) mass is 540 g/mol. The van der Waals surface area contributed by atoms with Gasteiger partial charge in [0.2, 0.25) is 0 Å². The van der Waals surface area contributed by atoms with Gasteiger partial charge in [-0.25, -0.2) is 4.85 Å². The second-order valence-electron chi connectivity index (χ2n) is 9.73. The number of nitriles is 1. The lowest BCUT2D eigenvalue weighted by molar-refractivity contribution is 1.31. The van der Waals surface area contributed by atoms with Crippen molar-refractivity contribution in [3.05, 3.63) is 139 Å². The number of nitrogens with zero attached hydrogens (tertiary/aromatic N) is 4. The van der Waals surface area contributed by atoms with Crippen molar-refractivity contribution >= 4 is 37.2 Å². The molecule has 0 atom stereocenters. The molecule has 41 heavy (non-hydrogen) atoms. The highest BCUT2D eigenvalue weighted by molar-refractivity contribution is 7.25. The van der Waals surface area contributed by atoms with Crippen molar-refractivity contribution in [2.24, 2.45) is 0 Å². The molecule has 0 spiro atoms. The lowest BCUT2D eigenvalue weighted by Crippen LogP contribution is -1.85. The first-order valence-electron chi connectivity index (χ1n) is 13.1. The molecular weight excluding hydrogens is 520 g/mol. The zero-order valence-corrected chi connectivity index (χ0v) is 22.6. The number of fused-ring (bicyclic) bond motifs is 3. The molecule has 4 aromatic carbocycles. The van der Waals surface area contributed by atoms with E-state index in [2.05, 4.69) is 106 Å². The molecule has 4 nitrogen and oxygen atoms in total. The van der Waals surface area contributed by atoms with Gasteiger partial charge < -0.3 is 0 Å². The molecule has 0 saturated carbocycles. The molecule has 0 N–H and O–H groups in total. The Balaban J connectivity index is 1.22. The van der Waals surface area contributed by atoms with Crippen LogP contribution in [0.5, 0.6) is 0 Å². The SMILES string of the molecule is [C-]#[N+]c1ccnc(-c2ccc(-c3ccc4sc5ccc(-c6ccc(-c7cc(C#N)ccn7)cc6)cc5c4c3)cc2)c1. The fourth-order valence-corrected chi connectivity index (χ4v) is 6.17. The molecule has 0 bridgehead atoms. The Hall–Kier alpha value is -5.62. The zero-order chi connectivity index (χ0) is 27.8. The molecule has 7 rings (SSSR count). The second kappa shape index (κ2) is 10.2. The lowest BCUT2D eigenvalue weighted by Gasteiger charge is -2.07. The van der Waals surface area contributed by atoms with Crippen LogP contribution in [0.1, 0.15) is 5.56 Å². The Morgan fingerprint density at radius 3 is 1.59 bits per heavy atom. The summed E-state index contributed by atoms with van der Waals surface area (Å²) in [5.74, 6) is 0. The highest BCUT2D eigenvalue weighted by Gasteiger charge is 2.10. The minimum atomic E-state index is 0.589. The van der Waals surface area contributed by atoms with E-state index in [-0.39, 0.29) is 0 Å². The Labute approximate surface area is 241 Å². The predicted molar refractivity (Wildman–Crippen MR) is 168 cm³/mol. The fourth-order valence-electron chi connectivity index (χ4n) is 5.11. The van der Waals surface area contributed by atoms with Crippen LogP contribution in [0.4, 0.5) is 5.69 Å². The minimum Gasteiger partial charge on any atom is -0.259 e. The van der Waals surface area contributed by atoms with Crippen LogP contribution in [-0.4, -0.2) is 9.97 Å². The van der Waals surface area contributed by atoms with Crippen molar-refractivity contribution in [2.45, 2.75) is 0 Å². The van der Waals surface area contributed by atoms with Crippen molar-refractivity contribution in [2.75, 3.05) is 0 Å². The first kappa shape index (κ1) is 24.4. The molecule has 0 radical (unpaired) electrons. The Morgan fingerprint density at radius 2 is 1.05 bits per heavy atom. The lowest BCUT2D eigenvalue weighted by atomic mass is 9.98. The van der Waals surface area contributed by atoms with Crippen LogP contribution in [0.25, 0.3) is 69.8 Å². The van der Waals surface area contributed by atoms with Crippen molar-refractivity contribution in [1.82, 2.24) is 9.97 Å². The second-order valence-corrected chi connectivity index (χ2v) is 10.8. The number of thiophene rings is 1. The number of hydrogen-bond donors (Lipinski definition) is 0. The van der Waals surface area contributed by atoms with Gasteiger partial charge in [0, 0.05) is 38.1 Å². The Bertz CT molecular complexity index is 2010. The zero-order valence-electron chi connectivity index (χ0n) is 21.7. The molecule has 0 saturated heterocycles. The van der Waals surface area contributed by atoms with Crippen LogP contribution in [0.15, 0.2) is 122 Å². The molecule has 0 fully saturated rings. The maximum Gasteiger partial charge on any atom is 0.190 e. The van der Waals surface area contributed by atoms with Crippen LogP contribution < -0.4 is 0 Å². The summed E-state index contributed by atoms with van der Waals surface area (Å²) in [7, 11) is 0. The van der Waals surface area contributed by atoms with Crippen LogP contribution in [0.3, 0.4) is 0 Å². The van der Waals surface area contributed by atoms with Gasteiger partial charge in [-0.05, 0) is 76.3 Å². The van der Waals surface area contributed by atoms with Gasteiger partial charge in [0.05, 0.1) is 29.6 Å². The molecule has 0 aliphatic carbocycles. The number of hydrogen-bond acceptors (Lipinski definition) is 4. The third-order valence-electron chi connectivity index (χ3n) is 7.26. The summed E-state index contributed by atoms with van der Waals surface area (Å²) in [5, 5.41) is 11.7. The summed E-state index contributed by atoms with van der Waals surface area (Å²) in [6, 6.07) is 39.3. The molecule has 3 aromatic heterocycles. The summed E-state index contributed by atoms with van der Waals surface area (Å²) in [6.45, 7) is 7.26. The van der Waals surface area contributed by atoms with E-state index >= 15 is 0 Å². The molecule has 0 aliphatic rings. The number of rotatable bonds is 4. The summed E-state index contributed by atoms with van der Waals surface area (Å²) in [4.78, 5) is 12.4. The minimum absolute atomic E-state index is 0.589. The standard InChI is InChI=1S/C36H20N4S/c1-38-30-15-17-40-34(21-30)27-8-4-25(5-9-27)29-11-13-36-32(20-29)31-19-28(10-12-35(31)41-36)24-2-6-26(7-3-24)33-18-23(22-37)14-16-39-33/h2-21H. The summed E-state index contributed by atoms with van der Waals surface area (Å²) in [5.41, 5.74) is 9.36. The molecule has 7 aromatic rings. The average Bonchev–Trinajstić information content (AvgIpc) is 3.42. The summed E-state index contributed by atoms with van der Waals surface area (Å²) in [6.07, 6.45) is 3.35. The van der Waals surface area contributed by atoms with Gasteiger partial charge in [0.15, 0.2) is 5.69 Å². The smallest absolute Gasteiger partial charge is 0.190 e. The van der Waals surface area contributed by atoms with E-state index in [1.54, 1.807) is 24.5 Å². The maximum atomic E-state index is 9.21. The Kier molecular flexibility index (Phi) is 6.06. The molecular formula is C36H20N4S. The average molecular weight is 541 g/mol. The van der Waals surface area contributed by atoms with Gasteiger partial charge in [0.1, 0.15) is 0 Å². The van der Waals surface area contributed by atoms with Crippen molar-refractivity contribution in [1.29, 1.82) is 5.26 Å². The van der Waals surface area contributed by atoms with Crippen LogP contribution in [0, 0.1) is 17.9 Å². The van der Waals surface area contributed by atoms with Gasteiger partial charge in [-0.3, -0.25) is 9.97 Å². The third-order valence-corrected chi connectivity index (χ3v) is 8.41. The van der Waals surface area contributed by atoms with Gasteiger partial charge in [-0.2, -0.15) is 5.26 Å². The first-order valence-corrected chi connectivity index (χ1v) is 13.9. The summed E-state index contributed by atoms with van der Waals surface area (Å²) >= 11 is 1.81. The van der Waals surface area contributed by atoms with Gasteiger partial charge in [-0.1, -0.05) is 60.7 Å². The van der Waals surface area contributed by atoms with E-state index < -0.39 is 0 Å². The maximum absolute atomic E-state index is 9.21. The highest BCUT2D eigenvalue weighted by atomic mass is 32.1. The van der Waals surface area contributed by atoms with E-state index in [1.807, 2.05) is 23.5 Å². The molecule has 5 heteroatoms.